The molecule has 35 heavy (non-hydrogen) atoms. The fourth-order valence-electron chi connectivity index (χ4n) is 5.01. The van der Waals surface area contributed by atoms with Crippen molar-refractivity contribution >= 4 is 27.2 Å². The lowest BCUT2D eigenvalue weighted by Gasteiger charge is -2.37. The Labute approximate surface area is 209 Å². The molecule has 0 bridgehead atoms. The summed E-state index contributed by atoms with van der Waals surface area (Å²) in [5, 5.41) is 21.7. The number of aliphatic carboxylic acids is 1. The van der Waals surface area contributed by atoms with Crippen LogP contribution in [0.1, 0.15) is 63.5 Å². The number of aromatic hydroxyl groups is 1. The molecule has 1 heterocycles. The van der Waals surface area contributed by atoms with Gasteiger partial charge in [-0.3, -0.25) is 4.79 Å². The molecule has 3 N–H and O–H groups in total. The number of carboxylic acid groups (broad SMARTS) is 1. The van der Waals surface area contributed by atoms with Crippen LogP contribution in [0.3, 0.4) is 0 Å². The minimum atomic E-state index is -3.61. The van der Waals surface area contributed by atoms with Crippen LogP contribution < -0.4 is 10.2 Å². The zero-order chi connectivity index (χ0) is 25.6. The van der Waals surface area contributed by atoms with E-state index in [0.29, 0.717) is 12.2 Å². The summed E-state index contributed by atoms with van der Waals surface area (Å²) in [6.07, 6.45) is 5.58. The van der Waals surface area contributed by atoms with E-state index in [1.54, 1.807) is 18.2 Å². The lowest BCUT2D eigenvalue weighted by molar-refractivity contribution is -0.136. The van der Waals surface area contributed by atoms with Gasteiger partial charge in [-0.05, 0) is 67.3 Å². The van der Waals surface area contributed by atoms with E-state index in [4.69, 9.17) is 5.11 Å². The number of carboxylic acids is 1. The van der Waals surface area contributed by atoms with E-state index in [1.807, 2.05) is 25.1 Å². The predicted molar refractivity (Wildman–Crippen MR) is 139 cm³/mol. The van der Waals surface area contributed by atoms with Gasteiger partial charge in [0.25, 0.3) is 0 Å². The molecule has 192 valence electrons. The minimum absolute atomic E-state index is 0.0899. The second-order valence-corrected chi connectivity index (χ2v) is 11.8. The highest BCUT2D eigenvalue weighted by atomic mass is 32.2. The normalized spacial score (nSPS) is 16.5. The van der Waals surface area contributed by atoms with Gasteiger partial charge in [0.1, 0.15) is 5.75 Å². The van der Waals surface area contributed by atoms with Crippen LogP contribution in [-0.2, 0) is 21.2 Å². The van der Waals surface area contributed by atoms with Gasteiger partial charge < -0.3 is 20.4 Å². The predicted octanol–water partition coefficient (Wildman–Crippen LogP) is 5.17. The Hall–Kier alpha value is -2.58. The van der Waals surface area contributed by atoms with Gasteiger partial charge in [-0.1, -0.05) is 39.5 Å². The van der Waals surface area contributed by atoms with Crippen molar-refractivity contribution in [2.24, 2.45) is 5.41 Å². The largest absolute Gasteiger partial charge is 0.508 e. The SMILES string of the molecule is CCCCC1(CCCC)CN(c2ccc(O)cc2)c2cc(C)c(CNCC(=O)O)cc2S(=O)(=O)C1. The van der Waals surface area contributed by atoms with E-state index in [0.717, 1.165) is 55.3 Å². The molecule has 0 saturated heterocycles. The number of anilines is 2. The summed E-state index contributed by atoms with van der Waals surface area (Å²) in [7, 11) is -3.61. The number of sulfone groups is 1. The highest BCUT2D eigenvalue weighted by Crippen LogP contribution is 2.45. The quantitative estimate of drug-likeness (QED) is 0.389. The van der Waals surface area contributed by atoms with Crippen LogP contribution >= 0.6 is 0 Å². The maximum absolute atomic E-state index is 13.9. The standard InChI is InChI=1S/C27H38N2O5S/c1-4-6-12-27(13-7-5-2)18-29(22-8-10-23(30)11-9-22)24-14-20(3)21(16-28-17-26(31)32)15-25(24)35(33,34)19-27/h8-11,14-15,28,30H,4-7,12-13,16-19H2,1-3H3,(H,31,32). The molecule has 0 saturated carbocycles. The molecule has 0 aliphatic carbocycles. The molecule has 0 radical (unpaired) electrons. The maximum atomic E-state index is 13.9. The number of nitrogens with one attached hydrogen (secondary N) is 1. The fourth-order valence-corrected chi connectivity index (χ4v) is 7.16. The number of rotatable bonds is 11. The molecule has 1 aliphatic rings. The molecule has 2 aromatic carbocycles. The Morgan fingerprint density at radius 2 is 1.71 bits per heavy atom. The molecule has 0 amide bonds. The average Bonchev–Trinajstić information content (AvgIpc) is 2.89. The van der Waals surface area contributed by atoms with Crippen molar-refractivity contribution in [3.05, 3.63) is 47.5 Å². The van der Waals surface area contributed by atoms with Gasteiger partial charge in [0, 0.05) is 24.2 Å². The number of nitrogens with zero attached hydrogens (tertiary/aromatic N) is 1. The van der Waals surface area contributed by atoms with Gasteiger partial charge in [0.05, 0.1) is 22.9 Å². The van der Waals surface area contributed by atoms with Crippen molar-refractivity contribution in [3.8, 4) is 5.75 Å². The number of fused-ring (bicyclic) bond motifs is 1. The van der Waals surface area contributed by atoms with Crippen LogP contribution in [0.2, 0.25) is 0 Å². The number of phenols is 1. The molecule has 3 rings (SSSR count). The molecular weight excluding hydrogens is 464 g/mol. The number of hydrogen-bond donors (Lipinski definition) is 3. The molecule has 0 fully saturated rings. The second-order valence-electron chi connectivity index (χ2n) is 9.81. The van der Waals surface area contributed by atoms with Crippen molar-refractivity contribution in [2.45, 2.75) is 70.7 Å². The topological polar surface area (TPSA) is 107 Å². The van der Waals surface area contributed by atoms with E-state index in [-0.39, 0.29) is 29.5 Å². The first-order chi connectivity index (χ1) is 16.6. The van der Waals surface area contributed by atoms with Crippen LogP contribution in [0.5, 0.6) is 5.75 Å². The summed E-state index contributed by atoms with van der Waals surface area (Å²) in [6, 6.07) is 10.6. The maximum Gasteiger partial charge on any atom is 0.317 e. The number of phenolic OH excluding ortho intramolecular Hbond substituents is 1. The van der Waals surface area contributed by atoms with E-state index < -0.39 is 21.2 Å². The Kier molecular flexibility index (Phi) is 8.83. The molecular formula is C27H38N2O5S. The van der Waals surface area contributed by atoms with Crippen molar-refractivity contribution in [1.29, 1.82) is 0 Å². The van der Waals surface area contributed by atoms with Gasteiger partial charge in [-0.25, -0.2) is 8.42 Å². The van der Waals surface area contributed by atoms with Gasteiger partial charge >= 0.3 is 5.97 Å². The lowest BCUT2D eigenvalue weighted by atomic mass is 9.79. The van der Waals surface area contributed by atoms with E-state index in [9.17, 15) is 18.3 Å². The van der Waals surface area contributed by atoms with Gasteiger partial charge in [0.15, 0.2) is 9.84 Å². The molecule has 0 aromatic heterocycles. The Bertz CT molecular complexity index is 1120. The zero-order valence-electron chi connectivity index (χ0n) is 21.0. The third kappa shape index (κ3) is 6.55. The minimum Gasteiger partial charge on any atom is -0.508 e. The smallest absolute Gasteiger partial charge is 0.317 e. The third-order valence-corrected chi connectivity index (χ3v) is 8.90. The number of benzene rings is 2. The van der Waals surface area contributed by atoms with Crippen molar-refractivity contribution in [3.63, 3.8) is 0 Å². The summed E-state index contributed by atoms with van der Waals surface area (Å²) >= 11 is 0. The van der Waals surface area contributed by atoms with E-state index >= 15 is 0 Å². The van der Waals surface area contributed by atoms with Crippen LogP contribution in [0.25, 0.3) is 0 Å². The average molecular weight is 503 g/mol. The second kappa shape index (κ2) is 11.4. The fraction of sp³-hybridized carbons (Fsp3) is 0.519. The van der Waals surface area contributed by atoms with Crippen LogP contribution in [0.4, 0.5) is 11.4 Å². The highest BCUT2D eigenvalue weighted by Gasteiger charge is 2.42. The van der Waals surface area contributed by atoms with E-state index in [2.05, 4.69) is 24.1 Å². The summed E-state index contributed by atoms with van der Waals surface area (Å²) in [4.78, 5) is 13.3. The van der Waals surface area contributed by atoms with Gasteiger partial charge in [0.2, 0.25) is 0 Å². The summed E-state index contributed by atoms with van der Waals surface area (Å²) in [5.74, 6) is -0.706. The van der Waals surface area contributed by atoms with Crippen LogP contribution in [0, 0.1) is 12.3 Å². The molecule has 8 heteroatoms. The number of unbranched alkanes of at least 4 members (excludes halogenated alkanes) is 2. The monoisotopic (exact) mass is 502 g/mol. The molecule has 1 aliphatic heterocycles. The van der Waals surface area contributed by atoms with E-state index in [1.165, 1.54) is 0 Å². The van der Waals surface area contributed by atoms with Crippen LogP contribution in [0.15, 0.2) is 41.3 Å². The van der Waals surface area contributed by atoms with Gasteiger partial charge in [-0.2, -0.15) is 0 Å². The highest BCUT2D eigenvalue weighted by molar-refractivity contribution is 7.91. The first kappa shape index (κ1) is 27.0. The first-order valence-corrected chi connectivity index (χ1v) is 14.1. The third-order valence-electron chi connectivity index (χ3n) is 6.91. The summed E-state index contributed by atoms with van der Waals surface area (Å²) in [6.45, 7) is 6.85. The Balaban J connectivity index is 2.17. The molecule has 0 spiro atoms. The molecule has 2 aromatic rings. The van der Waals surface area contributed by atoms with Crippen molar-refractivity contribution in [1.82, 2.24) is 5.32 Å². The summed E-state index contributed by atoms with van der Waals surface area (Å²) in [5.41, 5.74) is 2.76. The molecule has 0 atom stereocenters. The Morgan fingerprint density at radius 3 is 2.29 bits per heavy atom. The summed E-state index contributed by atoms with van der Waals surface area (Å²) < 4.78 is 27.9. The molecule has 0 unspecified atom stereocenters. The number of aryl methyl sites for hydroxylation is 1. The lowest BCUT2D eigenvalue weighted by Crippen LogP contribution is -2.38. The van der Waals surface area contributed by atoms with Crippen molar-refractivity contribution in [2.75, 3.05) is 23.7 Å². The number of carbonyl (C=O) groups is 1. The Morgan fingerprint density at radius 1 is 1.09 bits per heavy atom. The first-order valence-electron chi connectivity index (χ1n) is 12.5. The number of hydrogen-bond acceptors (Lipinski definition) is 6. The van der Waals surface area contributed by atoms with Crippen molar-refractivity contribution < 1.29 is 23.4 Å². The molecule has 7 nitrogen and oxygen atoms in total. The van der Waals surface area contributed by atoms with Gasteiger partial charge in [-0.15, -0.1) is 0 Å². The van der Waals surface area contributed by atoms with Crippen LogP contribution in [-0.4, -0.2) is 43.4 Å². The zero-order valence-corrected chi connectivity index (χ0v) is 21.8.